The van der Waals surface area contributed by atoms with Gasteiger partial charge in [0.05, 0.1) is 13.0 Å². The average Bonchev–Trinajstić information content (AvgIpc) is 2.60. The van der Waals surface area contributed by atoms with Crippen LogP contribution in [-0.2, 0) is 9.53 Å². The van der Waals surface area contributed by atoms with Crippen LogP contribution in [0.2, 0.25) is 0 Å². The molecule has 25 heavy (non-hydrogen) atoms. The highest BCUT2D eigenvalue weighted by Crippen LogP contribution is 2.15. The Hall–Kier alpha value is -0.570. The van der Waals surface area contributed by atoms with Gasteiger partial charge in [0, 0.05) is 0 Å². The quantitative estimate of drug-likeness (QED) is 0.203. The Labute approximate surface area is 158 Å². The van der Waals surface area contributed by atoms with Crippen LogP contribution in [0, 0.1) is 5.92 Å². The van der Waals surface area contributed by atoms with E-state index in [1.807, 2.05) is 6.92 Å². The zero-order valence-electron chi connectivity index (χ0n) is 17.6. The van der Waals surface area contributed by atoms with Gasteiger partial charge in [-0.15, -0.1) is 0 Å². The van der Waals surface area contributed by atoms with Crippen LogP contribution in [0.25, 0.3) is 0 Å². The SMILES string of the molecule is CCCCCCCCCCCCCCCCCCC(C)C(=O)OC.N. The maximum absolute atomic E-state index is 11.3. The fourth-order valence-corrected chi connectivity index (χ4v) is 3.32. The van der Waals surface area contributed by atoms with Gasteiger partial charge in [0.15, 0.2) is 0 Å². The van der Waals surface area contributed by atoms with Gasteiger partial charge >= 0.3 is 5.97 Å². The van der Waals surface area contributed by atoms with Gasteiger partial charge < -0.3 is 10.9 Å². The molecule has 0 rings (SSSR count). The van der Waals surface area contributed by atoms with E-state index in [4.69, 9.17) is 4.74 Å². The lowest BCUT2D eigenvalue weighted by atomic mass is 10.0. The number of carbonyl (C=O) groups excluding carboxylic acids is 1. The maximum Gasteiger partial charge on any atom is 0.308 e. The molecule has 0 aliphatic heterocycles. The lowest BCUT2D eigenvalue weighted by Gasteiger charge is -2.08. The molecule has 0 radical (unpaired) electrons. The molecule has 3 N–H and O–H groups in total. The molecule has 0 heterocycles. The highest BCUT2D eigenvalue weighted by Gasteiger charge is 2.11. The summed E-state index contributed by atoms with van der Waals surface area (Å²) in [5.41, 5.74) is 0. The van der Waals surface area contributed by atoms with Crippen molar-refractivity contribution in [3.8, 4) is 0 Å². The molecule has 0 spiro atoms. The molecule has 152 valence electrons. The molecular weight excluding hydrogens is 310 g/mol. The molecule has 1 atom stereocenters. The molecule has 0 saturated carbocycles. The van der Waals surface area contributed by atoms with Gasteiger partial charge in [-0.1, -0.05) is 117 Å². The van der Waals surface area contributed by atoms with E-state index in [9.17, 15) is 4.79 Å². The second kappa shape index (κ2) is 21.5. The number of ether oxygens (including phenoxy) is 1. The molecule has 0 aromatic rings. The van der Waals surface area contributed by atoms with Crippen LogP contribution in [-0.4, -0.2) is 13.1 Å². The first-order chi connectivity index (χ1) is 11.7. The lowest BCUT2D eigenvalue weighted by molar-refractivity contribution is -0.145. The summed E-state index contributed by atoms with van der Waals surface area (Å²) in [6.07, 6.45) is 23.2. The van der Waals surface area contributed by atoms with E-state index in [0.717, 1.165) is 12.8 Å². The first kappa shape index (κ1) is 26.7. The second-order valence-electron chi connectivity index (χ2n) is 7.52. The monoisotopic (exact) mass is 357 g/mol. The Morgan fingerprint density at radius 1 is 0.680 bits per heavy atom. The van der Waals surface area contributed by atoms with Crippen molar-refractivity contribution in [1.82, 2.24) is 6.15 Å². The Bertz CT molecular complexity index is 269. The van der Waals surface area contributed by atoms with Gasteiger partial charge in [0.1, 0.15) is 0 Å². The van der Waals surface area contributed by atoms with E-state index in [1.165, 1.54) is 103 Å². The lowest BCUT2D eigenvalue weighted by Crippen LogP contribution is -2.12. The largest absolute Gasteiger partial charge is 0.469 e. The molecular formula is C22H47NO2. The molecule has 0 aliphatic rings. The van der Waals surface area contributed by atoms with Gasteiger partial charge in [-0.2, -0.15) is 0 Å². The molecule has 0 aromatic heterocycles. The fraction of sp³-hybridized carbons (Fsp3) is 0.955. The van der Waals surface area contributed by atoms with Crippen molar-refractivity contribution < 1.29 is 9.53 Å². The third-order valence-corrected chi connectivity index (χ3v) is 5.09. The highest BCUT2D eigenvalue weighted by molar-refractivity contribution is 5.71. The number of methoxy groups -OCH3 is 1. The van der Waals surface area contributed by atoms with Crippen LogP contribution >= 0.6 is 0 Å². The number of carbonyl (C=O) groups is 1. The number of unbranched alkanes of at least 4 members (excludes halogenated alkanes) is 15. The predicted molar refractivity (Wildman–Crippen MR) is 110 cm³/mol. The minimum absolute atomic E-state index is 0. The van der Waals surface area contributed by atoms with Crippen LogP contribution in [0.3, 0.4) is 0 Å². The van der Waals surface area contributed by atoms with Crippen LogP contribution in [0.1, 0.15) is 123 Å². The third kappa shape index (κ3) is 19.6. The average molecular weight is 358 g/mol. The number of esters is 1. The molecule has 0 bridgehead atoms. The summed E-state index contributed by atoms with van der Waals surface area (Å²) in [5.74, 6) is 0.0117. The second-order valence-corrected chi connectivity index (χ2v) is 7.52. The fourth-order valence-electron chi connectivity index (χ4n) is 3.32. The Kier molecular flexibility index (Phi) is 22.9. The van der Waals surface area contributed by atoms with Crippen molar-refractivity contribution in [3.05, 3.63) is 0 Å². The Morgan fingerprint density at radius 2 is 1.00 bits per heavy atom. The molecule has 0 amide bonds. The van der Waals surface area contributed by atoms with Crippen molar-refractivity contribution in [2.24, 2.45) is 5.92 Å². The van der Waals surface area contributed by atoms with Gasteiger partial charge in [-0.25, -0.2) is 0 Å². The van der Waals surface area contributed by atoms with E-state index >= 15 is 0 Å². The summed E-state index contributed by atoms with van der Waals surface area (Å²) in [6, 6.07) is 0. The van der Waals surface area contributed by atoms with Gasteiger partial charge in [-0.05, 0) is 6.42 Å². The third-order valence-electron chi connectivity index (χ3n) is 5.09. The summed E-state index contributed by atoms with van der Waals surface area (Å²) in [4.78, 5) is 11.3. The summed E-state index contributed by atoms with van der Waals surface area (Å²) >= 11 is 0. The van der Waals surface area contributed by atoms with E-state index < -0.39 is 0 Å². The smallest absolute Gasteiger partial charge is 0.308 e. The van der Waals surface area contributed by atoms with Crippen LogP contribution in [0.15, 0.2) is 0 Å². The Morgan fingerprint density at radius 3 is 1.32 bits per heavy atom. The molecule has 0 aromatic carbocycles. The Balaban J connectivity index is 0. The van der Waals surface area contributed by atoms with Gasteiger partial charge in [0.25, 0.3) is 0 Å². The zero-order valence-corrected chi connectivity index (χ0v) is 17.6. The topological polar surface area (TPSA) is 61.3 Å². The normalized spacial score (nSPS) is 11.8. The minimum Gasteiger partial charge on any atom is -0.469 e. The van der Waals surface area contributed by atoms with Crippen LogP contribution in [0.4, 0.5) is 0 Å². The van der Waals surface area contributed by atoms with E-state index in [1.54, 1.807) is 0 Å². The molecule has 3 heteroatoms. The number of hydrogen-bond donors (Lipinski definition) is 1. The summed E-state index contributed by atoms with van der Waals surface area (Å²) in [5, 5.41) is 0. The predicted octanol–water partition coefficient (Wildman–Crippen LogP) is 7.61. The van der Waals surface area contributed by atoms with E-state index in [0.29, 0.717) is 0 Å². The van der Waals surface area contributed by atoms with Gasteiger partial charge in [-0.3, -0.25) is 4.79 Å². The molecule has 0 fully saturated rings. The highest BCUT2D eigenvalue weighted by atomic mass is 16.5. The van der Waals surface area contributed by atoms with Crippen molar-refractivity contribution in [2.75, 3.05) is 7.11 Å². The van der Waals surface area contributed by atoms with Crippen molar-refractivity contribution in [2.45, 2.75) is 123 Å². The molecule has 0 saturated heterocycles. The van der Waals surface area contributed by atoms with Crippen LogP contribution in [0.5, 0.6) is 0 Å². The summed E-state index contributed by atoms with van der Waals surface area (Å²) in [6.45, 7) is 4.25. The zero-order chi connectivity index (χ0) is 17.9. The molecule has 1 unspecified atom stereocenters. The minimum atomic E-state index is -0.0593. The summed E-state index contributed by atoms with van der Waals surface area (Å²) in [7, 11) is 1.48. The van der Waals surface area contributed by atoms with Crippen molar-refractivity contribution >= 4 is 5.97 Å². The van der Waals surface area contributed by atoms with E-state index in [-0.39, 0.29) is 18.0 Å². The number of rotatable bonds is 18. The molecule has 3 nitrogen and oxygen atoms in total. The van der Waals surface area contributed by atoms with E-state index in [2.05, 4.69) is 6.92 Å². The molecule has 0 aliphatic carbocycles. The van der Waals surface area contributed by atoms with Gasteiger partial charge in [0.2, 0.25) is 0 Å². The maximum atomic E-state index is 11.3. The first-order valence-corrected chi connectivity index (χ1v) is 10.8. The number of hydrogen-bond acceptors (Lipinski definition) is 3. The first-order valence-electron chi connectivity index (χ1n) is 10.8. The van der Waals surface area contributed by atoms with Crippen molar-refractivity contribution in [1.29, 1.82) is 0 Å². The summed E-state index contributed by atoms with van der Waals surface area (Å²) < 4.78 is 4.75. The van der Waals surface area contributed by atoms with Crippen molar-refractivity contribution in [3.63, 3.8) is 0 Å². The standard InChI is InChI=1S/C22H44O2.H3N/c1-4-5-6-7-8-9-10-11-12-13-14-15-16-17-18-19-20-21(2)22(23)24-3;/h21H,4-20H2,1-3H3;1H3. The van der Waals surface area contributed by atoms with Crippen LogP contribution < -0.4 is 6.15 Å².